The van der Waals surface area contributed by atoms with Gasteiger partial charge in [0.1, 0.15) is 0 Å². The van der Waals surface area contributed by atoms with E-state index in [0.29, 0.717) is 6.61 Å². The Morgan fingerprint density at radius 2 is 1.08 bits per heavy atom. The van der Waals surface area contributed by atoms with Crippen molar-refractivity contribution in [3.05, 3.63) is 91.0 Å². The third-order valence-electron chi connectivity index (χ3n) is 3.71. The van der Waals surface area contributed by atoms with Crippen molar-refractivity contribution in [2.45, 2.75) is 13.8 Å². The van der Waals surface area contributed by atoms with Gasteiger partial charge < -0.3 is 4.74 Å². The van der Waals surface area contributed by atoms with Crippen molar-refractivity contribution in [1.82, 2.24) is 0 Å². The fraction of sp³-hybridized carbons (Fsp3) is 0.136. The monoisotopic (exact) mass is 430 g/mol. The van der Waals surface area contributed by atoms with Crippen LogP contribution < -0.4 is 15.9 Å². The predicted octanol–water partition coefficient (Wildman–Crippen LogP) is 3.63. The average molecular weight is 429 g/mol. The molecule has 4 heteroatoms. The topological polar surface area (TPSA) is 26.3 Å². The number of carbonyl (C=O) groups excluding carboxylic acids is 1. The molecule has 0 fully saturated rings. The molecular weight excluding hydrogens is 406 g/mol. The van der Waals surface area contributed by atoms with Crippen molar-refractivity contribution in [2.24, 2.45) is 0 Å². The Morgan fingerprint density at radius 3 is 1.27 bits per heavy atom. The van der Waals surface area contributed by atoms with Crippen LogP contribution in [0.3, 0.4) is 0 Å². The van der Waals surface area contributed by atoms with Gasteiger partial charge in [0.25, 0.3) is 0 Å². The molecule has 2 nitrogen and oxygen atoms in total. The van der Waals surface area contributed by atoms with Crippen molar-refractivity contribution in [3.8, 4) is 0 Å². The third kappa shape index (κ3) is 5.29. The Morgan fingerprint density at radius 1 is 0.769 bits per heavy atom. The summed E-state index contributed by atoms with van der Waals surface area (Å²) in [6.07, 6.45) is 0. The van der Waals surface area contributed by atoms with E-state index in [4.69, 9.17) is 0 Å². The van der Waals surface area contributed by atoms with Gasteiger partial charge in [-0.15, -0.1) is 0 Å². The number of rotatable bonds is 4. The van der Waals surface area contributed by atoms with Crippen molar-refractivity contribution in [3.63, 3.8) is 0 Å². The Labute approximate surface area is 163 Å². The SMILES string of the molecule is CCOC(C)=O.[Se]=P(c1ccccc1)(c1ccccc1)c1ccccc1. The van der Waals surface area contributed by atoms with Gasteiger partial charge in [0.05, 0.1) is 6.61 Å². The number of ether oxygens (including phenoxy) is 1. The van der Waals surface area contributed by atoms with E-state index >= 15 is 0 Å². The number of carbonyl (C=O) groups is 1. The number of hydrogen-bond acceptors (Lipinski definition) is 2. The maximum absolute atomic E-state index is 9.82. The van der Waals surface area contributed by atoms with Crippen LogP contribution in [0.1, 0.15) is 13.8 Å². The van der Waals surface area contributed by atoms with E-state index < -0.39 is 5.51 Å². The summed E-state index contributed by atoms with van der Waals surface area (Å²) in [6.45, 7) is 3.65. The Bertz CT molecular complexity index is 746. The van der Waals surface area contributed by atoms with Gasteiger partial charge in [-0.1, -0.05) is 0 Å². The van der Waals surface area contributed by atoms with Gasteiger partial charge in [0.2, 0.25) is 0 Å². The first kappa shape index (κ1) is 20.4. The molecule has 0 N–H and O–H groups in total. The van der Waals surface area contributed by atoms with Crippen LogP contribution in [0.2, 0.25) is 0 Å². The van der Waals surface area contributed by atoms with E-state index in [1.165, 1.54) is 22.8 Å². The molecular formula is C22H23O2PSe. The van der Waals surface area contributed by atoms with Gasteiger partial charge >= 0.3 is 133 Å². The molecule has 0 saturated heterocycles. The number of hydrogen-bond donors (Lipinski definition) is 0. The molecule has 26 heavy (non-hydrogen) atoms. The van der Waals surface area contributed by atoms with Crippen LogP contribution in [0, 0.1) is 0 Å². The molecule has 0 bridgehead atoms. The molecule has 0 aliphatic carbocycles. The van der Waals surface area contributed by atoms with Crippen LogP contribution in [0.5, 0.6) is 0 Å². The van der Waals surface area contributed by atoms with Crippen LogP contribution in [0.4, 0.5) is 0 Å². The van der Waals surface area contributed by atoms with Crippen LogP contribution in [-0.2, 0) is 9.53 Å². The normalized spacial score (nSPS) is 10.4. The van der Waals surface area contributed by atoms with E-state index in [2.05, 4.69) is 111 Å². The van der Waals surface area contributed by atoms with E-state index in [1.807, 2.05) is 0 Å². The first-order valence-electron chi connectivity index (χ1n) is 8.49. The molecule has 0 unspecified atom stereocenters. The van der Waals surface area contributed by atoms with E-state index in [1.54, 1.807) is 6.92 Å². The van der Waals surface area contributed by atoms with Gasteiger partial charge in [-0.2, -0.15) is 0 Å². The van der Waals surface area contributed by atoms with E-state index in [-0.39, 0.29) is 5.97 Å². The summed E-state index contributed by atoms with van der Waals surface area (Å²) in [4.78, 5) is 9.82. The molecule has 0 aliphatic rings. The molecule has 134 valence electrons. The van der Waals surface area contributed by atoms with Crippen LogP contribution >= 0.6 is 5.51 Å². The van der Waals surface area contributed by atoms with Gasteiger partial charge in [-0.05, 0) is 6.92 Å². The molecule has 0 spiro atoms. The van der Waals surface area contributed by atoms with E-state index in [0.717, 1.165) is 0 Å². The van der Waals surface area contributed by atoms with Crippen LogP contribution in [0.25, 0.3) is 0 Å². The Kier molecular flexibility index (Phi) is 8.06. The number of esters is 1. The van der Waals surface area contributed by atoms with Crippen molar-refractivity contribution in [2.75, 3.05) is 6.61 Å². The summed E-state index contributed by atoms with van der Waals surface area (Å²) in [6, 6.07) is 32.3. The average Bonchev–Trinajstić information content (AvgIpc) is 2.70. The summed E-state index contributed by atoms with van der Waals surface area (Å²) in [5, 5.41) is 4.12. The molecule has 0 saturated carbocycles. The predicted molar refractivity (Wildman–Crippen MR) is 113 cm³/mol. The molecule has 0 aliphatic heterocycles. The van der Waals surface area contributed by atoms with E-state index in [9.17, 15) is 4.79 Å². The third-order valence-corrected chi connectivity index (χ3v) is 10.8. The zero-order valence-electron chi connectivity index (χ0n) is 15.0. The molecule has 0 atom stereocenters. The fourth-order valence-electron chi connectivity index (χ4n) is 2.56. The minimum atomic E-state index is -1.65. The van der Waals surface area contributed by atoms with Gasteiger partial charge in [-0.3, -0.25) is 4.79 Å². The molecule has 0 amide bonds. The number of benzene rings is 3. The van der Waals surface area contributed by atoms with Gasteiger partial charge in [-0.25, -0.2) is 0 Å². The molecule has 3 rings (SSSR count). The van der Waals surface area contributed by atoms with Crippen molar-refractivity contribution in [1.29, 1.82) is 0 Å². The summed E-state index contributed by atoms with van der Waals surface area (Å²) >= 11 is 3.55. The molecule has 3 aromatic carbocycles. The quantitative estimate of drug-likeness (QED) is 0.360. The Hall–Kier alpha value is -1.92. The summed E-state index contributed by atoms with van der Waals surface area (Å²) < 4.78 is 4.40. The van der Waals surface area contributed by atoms with Crippen molar-refractivity contribution < 1.29 is 9.53 Å². The fourth-order valence-corrected chi connectivity index (χ4v) is 7.53. The minimum absolute atomic E-state index is 0.211. The van der Waals surface area contributed by atoms with Crippen LogP contribution in [0.15, 0.2) is 91.0 Å². The summed E-state index contributed by atoms with van der Waals surface area (Å²) in [5.41, 5.74) is -1.65. The zero-order chi connectivity index (χ0) is 18.8. The van der Waals surface area contributed by atoms with Crippen molar-refractivity contribution >= 4 is 42.5 Å². The van der Waals surface area contributed by atoms with Gasteiger partial charge in [0, 0.05) is 6.92 Å². The summed E-state index contributed by atoms with van der Waals surface area (Å²) in [7, 11) is 0. The second kappa shape index (κ2) is 10.3. The first-order valence-corrected chi connectivity index (χ1v) is 12.5. The van der Waals surface area contributed by atoms with Crippen LogP contribution in [-0.4, -0.2) is 27.7 Å². The second-order valence-corrected chi connectivity index (χ2v) is 11.8. The summed E-state index contributed by atoms with van der Waals surface area (Å²) in [5.74, 6) is -0.211. The zero-order valence-corrected chi connectivity index (χ0v) is 17.6. The first-order chi connectivity index (χ1) is 12.6. The second-order valence-electron chi connectivity index (χ2n) is 5.54. The Balaban J connectivity index is 0.000000352. The molecule has 3 aromatic rings. The maximum atomic E-state index is 9.82. The molecule has 0 heterocycles. The molecule has 0 radical (unpaired) electrons. The standard InChI is InChI=1S/C18H15PSe.C4H8O2/c20-19(16-10-4-1-5-11-16,17-12-6-2-7-13-17)18-14-8-3-9-15-18;1-3-6-4(2)5/h1-15H;3H2,1-2H3. The molecule has 0 aromatic heterocycles. The van der Waals surface area contributed by atoms with Gasteiger partial charge in [0.15, 0.2) is 0 Å².